The van der Waals surface area contributed by atoms with Crippen molar-refractivity contribution < 1.29 is 18.7 Å². The van der Waals surface area contributed by atoms with E-state index in [0.29, 0.717) is 0 Å². The van der Waals surface area contributed by atoms with E-state index in [-0.39, 0.29) is 0 Å². The van der Waals surface area contributed by atoms with Crippen LogP contribution < -0.4 is 14.2 Å². The summed E-state index contributed by atoms with van der Waals surface area (Å²) >= 11 is 0. The van der Waals surface area contributed by atoms with E-state index in [0.717, 1.165) is 47.8 Å². The van der Waals surface area contributed by atoms with E-state index in [9.17, 15) is 0 Å². The average Bonchev–Trinajstić information content (AvgIpc) is 2.73. The predicted molar refractivity (Wildman–Crippen MR) is 113 cm³/mol. The van der Waals surface area contributed by atoms with Crippen molar-refractivity contribution in [2.75, 3.05) is 34.4 Å². The lowest BCUT2D eigenvalue weighted by Gasteiger charge is -2.42. The van der Waals surface area contributed by atoms with Gasteiger partial charge in [0.2, 0.25) is 0 Å². The Kier molecular flexibility index (Phi) is 6.84. The molecule has 0 radical (unpaired) electrons. The van der Waals surface area contributed by atoms with Crippen LogP contribution >= 0.6 is 0 Å². The number of nitrogens with zero attached hydrogens (tertiary/aromatic N) is 1. The van der Waals surface area contributed by atoms with Crippen LogP contribution in [0.2, 0.25) is 0 Å². The van der Waals surface area contributed by atoms with Crippen LogP contribution in [-0.4, -0.2) is 38.9 Å². The lowest BCUT2D eigenvalue weighted by molar-refractivity contribution is -0.955. The highest BCUT2D eigenvalue weighted by molar-refractivity contribution is 5.47. The van der Waals surface area contributed by atoms with Gasteiger partial charge in [-0.25, -0.2) is 0 Å². The van der Waals surface area contributed by atoms with E-state index < -0.39 is 0 Å². The summed E-state index contributed by atoms with van der Waals surface area (Å²) < 4.78 is 17.5. The van der Waals surface area contributed by atoms with Gasteiger partial charge < -0.3 is 18.7 Å². The van der Waals surface area contributed by atoms with Gasteiger partial charge >= 0.3 is 0 Å². The number of hydrogen-bond donors (Lipinski definition) is 0. The summed E-state index contributed by atoms with van der Waals surface area (Å²) in [5.41, 5.74) is 4.17. The number of benzene rings is 2. The fraction of sp³-hybridized carbons (Fsp3) is 0.500. The minimum Gasteiger partial charge on any atom is -0.497 e. The zero-order chi connectivity index (χ0) is 20.0. The molecular formula is C24H34NO3+. The first-order valence-corrected chi connectivity index (χ1v) is 10.3. The molecular weight excluding hydrogens is 350 g/mol. The Morgan fingerprint density at radius 2 is 1.54 bits per heavy atom. The molecule has 1 heterocycles. The van der Waals surface area contributed by atoms with Crippen molar-refractivity contribution in [2.24, 2.45) is 0 Å². The second-order valence-electron chi connectivity index (χ2n) is 7.89. The fourth-order valence-electron chi connectivity index (χ4n) is 4.36. The summed E-state index contributed by atoms with van der Waals surface area (Å²) in [6, 6.07) is 12.9. The SMILES string of the molecule is CCCCC[N+]1(Cc2ccc(OC)cc2)CCc2cc(OC)c(OC)cc2C1. The number of quaternary nitrogens is 1. The second kappa shape index (κ2) is 9.33. The Labute approximate surface area is 169 Å². The molecule has 0 aliphatic carbocycles. The molecule has 152 valence electrons. The smallest absolute Gasteiger partial charge is 0.161 e. The number of hydrogen-bond acceptors (Lipinski definition) is 3. The first-order chi connectivity index (χ1) is 13.6. The molecule has 0 saturated carbocycles. The second-order valence-corrected chi connectivity index (χ2v) is 7.89. The van der Waals surface area contributed by atoms with Crippen molar-refractivity contribution in [2.45, 2.75) is 45.7 Å². The summed E-state index contributed by atoms with van der Waals surface area (Å²) in [4.78, 5) is 0. The molecule has 28 heavy (non-hydrogen) atoms. The molecule has 3 rings (SSSR count). The third kappa shape index (κ3) is 4.61. The van der Waals surface area contributed by atoms with Crippen LogP contribution in [0, 0.1) is 0 Å². The molecule has 0 fully saturated rings. The predicted octanol–water partition coefficient (Wildman–Crippen LogP) is 4.98. The van der Waals surface area contributed by atoms with E-state index in [1.54, 1.807) is 21.3 Å². The van der Waals surface area contributed by atoms with Crippen LogP contribution in [0.1, 0.15) is 42.9 Å². The normalized spacial score (nSPS) is 18.4. The third-order valence-corrected chi connectivity index (χ3v) is 5.98. The molecule has 0 N–H and O–H groups in total. The highest BCUT2D eigenvalue weighted by Gasteiger charge is 2.33. The van der Waals surface area contributed by atoms with Crippen molar-refractivity contribution in [3.63, 3.8) is 0 Å². The van der Waals surface area contributed by atoms with Crippen molar-refractivity contribution in [1.29, 1.82) is 0 Å². The molecule has 2 aromatic rings. The molecule has 1 unspecified atom stereocenters. The summed E-state index contributed by atoms with van der Waals surface area (Å²) in [5, 5.41) is 0. The van der Waals surface area contributed by atoms with Gasteiger partial charge in [0.1, 0.15) is 18.8 Å². The molecule has 0 amide bonds. The van der Waals surface area contributed by atoms with Gasteiger partial charge in [-0.1, -0.05) is 13.3 Å². The molecule has 1 aliphatic heterocycles. The zero-order valence-corrected chi connectivity index (χ0v) is 17.8. The van der Waals surface area contributed by atoms with Gasteiger partial charge in [0, 0.05) is 17.5 Å². The van der Waals surface area contributed by atoms with Gasteiger partial charge in [0.15, 0.2) is 11.5 Å². The number of methoxy groups -OCH3 is 3. The minimum absolute atomic E-state index is 0.833. The van der Waals surface area contributed by atoms with Crippen LogP contribution in [-0.2, 0) is 19.5 Å². The molecule has 0 spiro atoms. The van der Waals surface area contributed by atoms with Crippen LogP contribution in [0.15, 0.2) is 36.4 Å². The molecule has 4 heteroatoms. The molecule has 0 saturated heterocycles. The first kappa shape index (κ1) is 20.5. The quantitative estimate of drug-likeness (QED) is 0.451. The monoisotopic (exact) mass is 384 g/mol. The number of rotatable bonds is 9. The van der Waals surface area contributed by atoms with Crippen molar-refractivity contribution in [3.05, 3.63) is 53.1 Å². The zero-order valence-electron chi connectivity index (χ0n) is 17.8. The fourth-order valence-corrected chi connectivity index (χ4v) is 4.36. The van der Waals surface area contributed by atoms with E-state index in [1.807, 2.05) is 0 Å². The van der Waals surface area contributed by atoms with Gasteiger partial charge in [-0.2, -0.15) is 0 Å². The standard InChI is InChI=1S/C24H34NO3/c1-5-6-7-13-25(17-19-8-10-22(26-2)11-9-19)14-12-20-15-23(27-3)24(28-4)16-21(20)18-25/h8-11,15-16H,5-7,12-14,17-18H2,1-4H3/q+1. The van der Waals surface area contributed by atoms with E-state index in [1.165, 1.54) is 42.5 Å². The summed E-state index contributed by atoms with van der Waals surface area (Å²) in [7, 11) is 5.15. The highest BCUT2D eigenvalue weighted by Crippen LogP contribution is 2.36. The van der Waals surface area contributed by atoms with Crippen LogP contribution in [0.25, 0.3) is 0 Å². The van der Waals surface area contributed by atoms with Gasteiger partial charge in [0.25, 0.3) is 0 Å². The molecule has 1 aliphatic rings. The van der Waals surface area contributed by atoms with Gasteiger partial charge in [-0.3, -0.25) is 0 Å². The summed E-state index contributed by atoms with van der Waals surface area (Å²) in [6.07, 6.45) is 4.90. The van der Waals surface area contributed by atoms with Crippen LogP contribution in [0.3, 0.4) is 0 Å². The number of unbranched alkanes of at least 4 members (excludes halogenated alkanes) is 2. The minimum atomic E-state index is 0.833. The van der Waals surface area contributed by atoms with Crippen LogP contribution in [0.4, 0.5) is 0 Å². The maximum atomic E-state index is 5.57. The third-order valence-electron chi connectivity index (χ3n) is 5.98. The summed E-state index contributed by atoms with van der Waals surface area (Å²) in [5.74, 6) is 2.59. The summed E-state index contributed by atoms with van der Waals surface area (Å²) in [6.45, 7) is 6.76. The van der Waals surface area contributed by atoms with Crippen molar-refractivity contribution in [1.82, 2.24) is 0 Å². The topological polar surface area (TPSA) is 27.7 Å². The largest absolute Gasteiger partial charge is 0.497 e. The Morgan fingerprint density at radius 3 is 2.14 bits per heavy atom. The first-order valence-electron chi connectivity index (χ1n) is 10.3. The maximum Gasteiger partial charge on any atom is 0.161 e. The van der Waals surface area contributed by atoms with Gasteiger partial charge in [-0.15, -0.1) is 0 Å². The van der Waals surface area contributed by atoms with E-state index >= 15 is 0 Å². The van der Waals surface area contributed by atoms with Gasteiger partial charge in [-0.05, 0) is 54.8 Å². The highest BCUT2D eigenvalue weighted by atomic mass is 16.5. The van der Waals surface area contributed by atoms with Crippen molar-refractivity contribution >= 4 is 0 Å². The maximum absolute atomic E-state index is 5.57. The molecule has 4 nitrogen and oxygen atoms in total. The molecule has 0 aromatic heterocycles. The lowest BCUT2D eigenvalue weighted by atomic mass is 9.95. The average molecular weight is 385 g/mol. The molecule has 1 atom stereocenters. The molecule has 2 aromatic carbocycles. The Bertz CT molecular complexity index is 772. The van der Waals surface area contributed by atoms with Gasteiger partial charge in [0.05, 0.1) is 34.4 Å². The Hall–Kier alpha value is -2.20. The van der Waals surface area contributed by atoms with E-state index in [2.05, 4.69) is 43.3 Å². The van der Waals surface area contributed by atoms with Crippen molar-refractivity contribution in [3.8, 4) is 17.2 Å². The Balaban J connectivity index is 1.87. The number of ether oxygens (including phenoxy) is 3. The van der Waals surface area contributed by atoms with E-state index in [4.69, 9.17) is 14.2 Å². The Morgan fingerprint density at radius 1 is 0.857 bits per heavy atom. The lowest BCUT2D eigenvalue weighted by Crippen LogP contribution is -2.51. The van der Waals surface area contributed by atoms with Crippen LogP contribution in [0.5, 0.6) is 17.2 Å². The molecule has 0 bridgehead atoms. The number of fused-ring (bicyclic) bond motifs is 1.